The average molecular weight is 308 g/mol. The maximum Gasteiger partial charge on any atom is 0.419 e. The maximum absolute atomic E-state index is 12.0. The topological polar surface area (TPSA) is 94.5 Å². The van der Waals surface area contributed by atoms with Crippen LogP contribution in [0.4, 0.5) is 5.69 Å². The molecule has 1 aromatic carbocycles. The summed E-state index contributed by atoms with van der Waals surface area (Å²) in [4.78, 5) is 11.4. The van der Waals surface area contributed by atoms with Gasteiger partial charge in [0, 0.05) is 13.1 Å². The van der Waals surface area contributed by atoms with Crippen LogP contribution in [0.5, 0.6) is 0 Å². The SMILES string of the molecule is Cn1c(=O)oc2cc(NS(=O)(=O)Cc3ccco3)ccc21. The summed E-state index contributed by atoms with van der Waals surface area (Å²) in [6.45, 7) is 0. The van der Waals surface area contributed by atoms with Gasteiger partial charge in [0.2, 0.25) is 10.0 Å². The van der Waals surface area contributed by atoms with E-state index in [1.165, 1.54) is 16.9 Å². The second-order valence-corrected chi connectivity index (χ2v) is 6.27. The summed E-state index contributed by atoms with van der Waals surface area (Å²) in [5, 5.41) is 0. The van der Waals surface area contributed by atoms with Crippen molar-refractivity contribution in [3.8, 4) is 0 Å². The Balaban J connectivity index is 1.89. The lowest BCUT2D eigenvalue weighted by Gasteiger charge is -2.06. The van der Waals surface area contributed by atoms with E-state index in [9.17, 15) is 13.2 Å². The molecule has 2 aromatic heterocycles. The molecule has 0 aliphatic heterocycles. The molecule has 8 heteroatoms. The Bertz CT molecular complexity index is 935. The Morgan fingerprint density at radius 3 is 2.81 bits per heavy atom. The normalized spacial score (nSPS) is 11.9. The average Bonchev–Trinajstić information content (AvgIpc) is 2.98. The number of anilines is 1. The van der Waals surface area contributed by atoms with E-state index in [1.807, 2.05) is 0 Å². The summed E-state index contributed by atoms with van der Waals surface area (Å²) in [6, 6.07) is 7.85. The molecule has 0 aliphatic rings. The summed E-state index contributed by atoms with van der Waals surface area (Å²) in [7, 11) is -2.02. The third-order valence-corrected chi connectivity index (χ3v) is 4.19. The number of hydrogen-bond acceptors (Lipinski definition) is 5. The lowest BCUT2D eigenvalue weighted by atomic mass is 10.3. The van der Waals surface area contributed by atoms with Crippen LogP contribution in [0.15, 0.2) is 50.2 Å². The van der Waals surface area contributed by atoms with E-state index in [0.717, 1.165) is 0 Å². The van der Waals surface area contributed by atoms with Gasteiger partial charge in [-0.2, -0.15) is 0 Å². The fourth-order valence-corrected chi connectivity index (χ4v) is 3.09. The minimum Gasteiger partial charge on any atom is -0.468 e. The number of nitrogens with one attached hydrogen (secondary N) is 1. The minimum atomic E-state index is -3.60. The fourth-order valence-electron chi connectivity index (χ4n) is 1.99. The van der Waals surface area contributed by atoms with Crippen LogP contribution < -0.4 is 10.5 Å². The molecule has 0 unspecified atom stereocenters. The molecule has 0 aliphatic carbocycles. The highest BCUT2D eigenvalue weighted by Crippen LogP contribution is 2.19. The summed E-state index contributed by atoms with van der Waals surface area (Å²) in [5.41, 5.74) is 1.23. The second kappa shape index (κ2) is 4.81. The highest BCUT2D eigenvalue weighted by molar-refractivity contribution is 7.91. The van der Waals surface area contributed by atoms with Crippen LogP contribution >= 0.6 is 0 Å². The maximum atomic E-state index is 12.0. The van der Waals surface area contributed by atoms with Gasteiger partial charge in [0.15, 0.2) is 5.58 Å². The van der Waals surface area contributed by atoms with E-state index >= 15 is 0 Å². The molecule has 3 aromatic rings. The zero-order valence-electron chi connectivity index (χ0n) is 11.1. The van der Waals surface area contributed by atoms with Gasteiger partial charge < -0.3 is 8.83 Å². The molecule has 0 bridgehead atoms. The van der Waals surface area contributed by atoms with E-state index in [0.29, 0.717) is 22.5 Å². The minimum absolute atomic E-state index is 0.267. The number of hydrogen-bond donors (Lipinski definition) is 1. The Morgan fingerprint density at radius 2 is 2.10 bits per heavy atom. The lowest BCUT2D eigenvalue weighted by molar-refractivity contribution is 0.521. The van der Waals surface area contributed by atoms with Crippen molar-refractivity contribution in [2.75, 3.05) is 4.72 Å². The molecule has 0 saturated heterocycles. The van der Waals surface area contributed by atoms with Gasteiger partial charge in [0.1, 0.15) is 11.5 Å². The van der Waals surface area contributed by atoms with Gasteiger partial charge in [-0.25, -0.2) is 13.2 Å². The molecule has 0 spiro atoms. The molecule has 3 rings (SSSR count). The first-order valence-corrected chi connectivity index (χ1v) is 7.72. The number of benzene rings is 1. The monoisotopic (exact) mass is 308 g/mol. The molecule has 110 valence electrons. The first kappa shape index (κ1) is 13.5. The van der Waals surface area contributed by atoms with Gasteiger partial charge in [0.05, 0.1) is 17.5 Å². The molecule has 0 radical (unpaired) electrons. The summed E-state index contributed by atoms with van der Waals surface area (Å²) in [6.07, 6.45) is 1.41. The molecule has 21 heavy (non-hydrogen) atoms. The molecular weight excluding hydrogens is 296 g/mol. The van der Waals surface area contributed by atoms with Crippen molar-refractivity contribution in [3.63, 3.8) is 0 Å². The van der Waals surface area contributed by atoms with Crippen LogP contribution in [0.25, 0.3) is 11.1 Å². The van der Waals surface area contributed by atoms with E-state index in [2.05, 4.69) is 4.72 Å². The summed E-state index contributed by atoms with van der Waals surface area (Å²) >= 11 is 0. The molecule has 0 amide bonds. The summed E-state index contributed by atoms with van der Waals surface area (Å²) in [5.74, 6) is -0.424. The van der Waals surface area contributed by atoms with Crippen molar-refractivity contribution in [1.29, 1.82) is 0 Å². The standard InChI is InChI=1S/C13H12N2O5S/c1-15-11-5-4-9(7-12(11)20-13(15)16)14-21(17,18)8-10-3-2-6-19-10/h2-7,14H,8H2,1H3. The Hall–Kier alpha value is -2.48. The van der Waals surface area contributed by atoms with Gasteiger partial charge >= 0.3 is 5.76 Å². The molecule has 7 nitrogen and oxygen atoms in total. The van der Waals surface area contributed by atoms with Gasteiger partial charge in [-0.05, 0) is 24.3 Å². The van der Waals surface area contributed by atoms with E-state index in [4.69, 9.17) is 8.83 Å². The highest BCUT2D eigenvalue weighted by atomic mass is 32.2. The molecule has 0 fully saturated rings. The van der Waals surface area contributed by atoms with Crippen LogP contribution in [0.3, 0.4) is 0 Å². The zero-order valence-corrected chi connectivity index (χ0v) is 11.9. The molecule has 0 atom stereocenters. The number of rotatable bonds is 4. The largest absolute Gasteiger partial charge is 0.468 e. The number of aromatic nitrogens is 1. The molecule has 1 N–H and O–H groups in total. The van der Waals surface area contributed by atoms with Gasteiger partial charge in [0.25, 0.3) is 0 Å². The van der Waals surface area contributed by atoms with Crippen molar-refractivity contribution >= 4 is 26.8 Å². The van der Waals surface area contributed by atoms with Crippen molar-refractivity contribution in [2.45, 2.75) is 5.75 Å². The quantitative estimate of drug-likeness (QED) is 0.791. The van der Waals surface area contributed by atoms with Crippen LogP contribution in [0.1, 0.15) is 5.76 Å². The lowest BCUT2D eigenvalue weighted by Crippen LogP contribution is -2.14. The number of oxazole rings is 1. The van der Waals surface area contributed by atoms with Crippen LogP contribution in [0, 0.1) is 0 Å². The number of aryl methyl sites for hydroxylation is 1. The van der Waals surface area contributed by atoms with Crippen LogP contribution in [0.2, 0.25) is 0 Å². The van der Waals surface area contributed by atoms with Gasteiger partial charge in [-0.1, -0.05) is 0 Å². The van der Waals surface area contributed by atoms with Crippen molar-refractivity contribution in [1.82, 2.24) is 4.57 Å². The van der Waals surface area contributed by atoms with Crippen LogP contribution in [-0.2, 0) is 22.8 Å². The second-order valence-electron chi connectivity index (χ2n) is 4.55. The third kappa shape index (κ3) is 2.70. The first-order chi connectivity index (χ1) is 9.94. The Morgan fingerprint density at radius 1 is 1.29 bits per heavy atom. The van der Waals surface area contributed by atoms with Crippen molar-refractivity contribution in [3.05, 3.63) is 52.9 Å². The van der Waals surface area contributed by atoms with Gasteiger partial charge in [-0.15, -0.1) is 0 Å². The predicted octanol–water partition coefficient (Wildman–Crippen LogP) is 1.67. The first-order valence-electron chi connectivity index (χ1n) is 6.07. The highest BCUT2D eigenvalue weighted by Gasteiger charge is 2.15. The number of nitrogens with zero attached hydrogens (tertiary/aromatic N) is 1. The molecule has 2 heterocycles. The van der Waals surface area contributed by atoms with Gasteiger partial charge in [-0.3, -0.25) is 9.29 Å². The van der Waals surface area contributed by atoms with E-state index in [1.54, 1.807) is 31.3 Å². The number of furan rings is 1. The van der Waals surface area contributed by atoms with E-state index in [-0.39, 0.29) is 5.75 Å². The van der Waals surface area contributed by atoms with Crippen molar-refractivity contribution < 1.29 is 17.3 Å². The number of fused-ring (bicyclic) bond motifs is 1. The zero-order chi connectivity index (χ0) is 15.0. The molecule has 0 saturated carbocycles. The smallest absolute Gasteiger partial charge is 0.419 e. The number of sulfonamides is 1. The Labute approximate surface area is 119 Å². The summed E-state index contributed by atoms with van der Waals surface area (Å²) < 4.78 is 37.8. The van der Waals surface area contributed by atoms with Crippen LogP contribution in [-0.4, -0.2) is 13.0 Å². The molecular formula is C13H12N2O5S. The van der Waals surface area contributed by atoms with Crippen molar-refractivity contribution in [2.24, 2.45) is 7.05 Å². The fraction of sp³-hybridized carbons (Fsp3) is 0.154. The Kier molecular flexibility index (Phi) is 3.09. The van der Waals surface area contributed by atoms with E-state index < -0.39 is 15.8 Å². The third-order valence-electron chi connectivity index (χ3n) is 2.98. The predicted molar refractivity (Wildman–Crippen MR) is 76.4 cm³/mol.